The van der Waals surface area contributed by atoms with Crippen LogP contribution in [0, 0.1) is 0 Å². The van der Waals surface area contributed by atoms with Crippen molar-refractivity contribution in [3.05, 3.63) is 64.4 Å². The van der Waals surface area contributed by atoms with Gasteiger partial charge >= 0.3 is 0 Å². The van der Waals surface area contributed by atoms with Gasteiger partial charge in [-0.2, -0.15) is 4.68 Å². The summed E-state index contributed by atoms with van der Waals surface area (Å²) in [7, 11) is 1.64. The van der Waals surface area contributed by atoms with Crippen molar-refractivity contribution in [1.82, 2.24) is 14.8 Å². The van der Waals surface area contributed by atoms with E-state index in [1.807, 2.05) is 55.5 Å². The smallest absolute Gasteiger partial charge is 0.283 e. The van der Waals surface area contributed by atoms with Crippen molar-refractivity contribution in [2.45, 2.75) is 25.8 Å². The molecule has 1 fully saturated rings. The third-order valence-electron chi connectivity index (χ3n) is 5.03. The van der Waals surface area contributed by atoms with Gasteiger partial charge in [0.15, 0.2) is 0 Å². The van der Waals surface area contributed by atoms with Crippen LogP contribution in [0.2, 0.25) is 0 Å². The Hall–Kier alpha value is -3.19. The molecule has 4 aromatic rings. The number of hydrogen-bond donors (Lipinski definition) is 1. The van der Waals surface area contributed by atoms with Crippen LogP contribution in [0.1, 0.15) is 25.3 Å². The first kappa shape index (κ1) is 17.9. The summed E-state index contributed by atoms with van der Waals surface area (Å²) in [6.45, 7) is 1.92. The highest BCUT2D eigenvalue weighted by Gasteiger charge is 2.25. The minimum atomic E-state index is -0.128. The number of ether oxygens (including phenoxy) is 1. The lowest BCUT2D eigenvalue weighted by molar-refractivity contribution is 0.415. The van der Waals surface area contributed by atoms with Gasteiger partial charge in [0.1, 0.15) is 5.75 Å². The minimum Gasteiger partial charge on any atom is -0.497 e. The molecule has 7 heteroatoms. The molecule has 29 heavy (non-hydrogen) atoms. The largest absolute Gasteiger partial charge is 0.497 e. The molecule has 0 spiro atoms. The number of nitrogens with zero attached hydrogens (tertiary/aromatic N) is 3. The molecule has 1 saturated carbocycles. The summed E-state index contributed by atoms with van der Waals surface area (Å²) in [5.41, 5.74) is 3.77. The quantitative estimate of drug-likeness (QED) is 0.501. The Morgan fingerprint density at radius 1 is 1.21 bits per heavy atom. The monoisotopic (exact) mass is 404 g/mol. The van der Waals surface area contributed by atoms with Gasteiger partial charge in [-0.1, -0.05) is 23.5 Å². The molecule has 2 aromatic heterocycles. The molecule has 5 rings (SSSR count). The van der Waals surface area contributed by atoms with Gasteiger partial charge in [0.25, 0.3) is 5.56 Å². The predicted molar refractivity (Wildman–Crippen MR) is 117 cm³/mol. The fourth-order valence-corrected chi connectivity index (χ4v) is 4.30. The van der Waals surface area contributed by atoms with Crippen LogP contribution >= 0.6 is 11.3 Å². The molecule has 1 aliphatic carbocycles. The Balaban J connectivity index is 1.69. The van der Waals surface area contributed by atoms with Crippen LogP contribution in [0.3, 0.4) is 0 Å². The van der Waals surface area contributed by atoms with E-state index in [0.29, 0.717) is 16.7 Å². The van der Waals surface area contributed by atoms with E-state index in [2.05, 4.69) is 10.1 Å². The number of nitrogens with one attached hydrogen (secondary N) is 1. The maximum atomic E-state index is 13.4. The first-order valence-electron chi connectivity index (χ1n) is 9.54. The van der Waals surface area contributed by atoms with E-state index in [9.17, 15) is 4.79 Å². The Kier molecular flexibility index (Phi) is 4.32. The number of hydrogen-bond acceptors (Lipinski definition) is 5. The Labute approximate surface area is 171 Å². The molecule has 1 N–H and O–H groups in total. The number of benzene rings is 2. The van der Waals surface area contributed by atoms with Crippen molar-refractivity contribution in [2.24, 2.45) is 4.99 Å². The summed E-state index contributed by atoms with van der Waals surface area (Å²) in [6.07, 6.45) is 2.18. The average molecular weight is 404 g/mol. The molecule has 1 aliphatic rings. The van der Waals surface area contributed by atoms with E-state index in [4.69, 9.17) is 9.73 Å². The Morgan fingerprint density at radius 2 is 1.97 bits per heavy atom. The van der Waals surface area contributed by atoms with Crippen molar-refractivity contribution < 1.29 is 4.74 Å². The summed E-state index contributed by atoms with van der Waals surface area (Å²) in [5.74, 6) is 0.770. The first-order chi connectivity index (χ1) is 14.1. The highest BCUT2D eigenvalue weighted by Crippen LogP contribution is 2.29. The number of aromatic amines is 1. The highest BCUT2D eigenvalue weighted by atomic mass is 32.1. The number of methoxy groups -OCH3 is 1. The molecule has 0 atom stereocenters. The van der Waals surface area contributed by atoms with Crippen molar-refractivity contribution >= 4 is 27.3 Å². The standard InChI is InChI=1S/C22H20N4O2S/c1-13(23-15-9-10-15)19-20(14-7-11-16(28-2)12-8-14)25-26(21(19)27)22-24-17-5-3-4-6-18(17)29-22/h3-8,11-12,15,25H,9-10H2,1-2H3. The van der Waals surface area contributed by atoms with E-state index in [0.717, 1.165) is 45.8 Å². The molecule has 0 bridgehead atoms. The fraction of sp³-hybridized carbons (Fsp3) is 0.227. The SMILES string of the molecule is COc1ccc(-c2[nH]n(-c3nc4ccccc4s3)c(=O)c2C(C)=NC2CC2)cc1. The normalized spacial score (nSPS) is 14.5. The van der Waals surface area contributed by atoms with Gasteiger partial charge in [0.05, 0.1) is 34.6 Å². The summed E-state index contributed by atoms with van der Waals surface area (Å²) >= 11 is 1.49. The zero-order valence-electron chi connectivity index (χ0n) is 16.2. The second-order valence-electron chi connectivity index (χ2n) is 7.14. The Bertz CT molecular complexity index is 1240. The molecule has 2 heterocycles. The molecule has 0 amide bonds. The van der Waals surface area contributed by atoms with Crippen molar-refractivity contribution in [2.75, 3.05) is 7.11 Å². The van der Waals surface area contributed by atoms with Crippen LogP contribution in [-0.4, -0.2) is 33.6 Å². The molecule has 146 valence electrons. The van der Waals surface area contributed by atoms with Crippen molar-refractivity contribution in [3.8, 4) is 22.1 Å². The summed E-state index contributed by atoms with van der Waals surface area (Å²) in [5, 5.41) is 3.91. The van der Waals surface area contributed by atoms with Crippen LogP contribution in [-0.2, 0) is 0 Å². The molecule has 0 aliphatic heterocycles. The van der Waals surface area contributed by atoms with Gasteiger partial charge in [-0.3, -0.25) is 14.9 Å². The number of para-hydroxylation sites is 1. The second kappa shape index (κ2) is 7.00. The lowest BCUT2D eigenvalue weighted by atomic mass is 10.1. The summed E-state index contributed by atoms with van der Waals surface area (Å²) < 4.78 is 7.84. The number of H-pyrrole nitrogens is 1. The van der Waals surface area contributed by atoms with Crippen LogP contribution in [0.15, 0.2) is 58.3 Å². The topological polar surface area (TPSA) is 72.3 Å². The molecular weight excluding hydrogens is 384 g/mol. The fourth-order valence-electron chi connectivity index (χ4n) is 3.37. The van der Waals surface area contributed by atoms with E-state index in [1.54, 1.807) is 7.11 Å². The van der Waals surface area contributed by atoms with Crippen molar-refractivity contribution in [1.29, 1.82) is 0 Å². The third kappa shape index (κ3) is 3.27. The number of fused-ring (bicyclic) bond motifs is 1. The number of rotatable bonds is 5. The van der Waals surface area contributed by atoms with E-state index in [-0.39, 0.29) is 5.56 Å². The van der Waals surface area contributed by atoms with Crippen LogP contribution < -0.4 is 10.3 Å². The van der Waals surface area contributed by atoms with Crippen LogP contribution in [0.4, 0.5) is 0 Å². The van der Waals surface area contributed by atoms with Gasteiger partial charge < -0.3 is 4.74 Å². The molecule has 6 nitrogen and oxygen atoms in total. The molecular formula is C22H20N4O2S. The summed E-state index contributed by atoms with van der Waals surface area (Å²) in [4.78, 5) is 22.8. The van der Waals surface area contributed by atoms with Gasteiger partial charge in [0.2, 0.25) is 5.13 Å². The lowest BCUT2D eigenvalue weighted by Gasteiger charge is -2.04. The Morgan fingerprint density at radius 3 is 2.66 bits per heavy atom. The number of aromatic nitrogens is 3. The first-order valence-corrected chi connectivity index (χ1v) is 10.4. The van der Waals surface area contributed by atoms with Crippen molar-refractivity contribution in [3.63, 3.8) is 0 Å². The summed E-state index contributed by atoms with van der Waals surface area (Å²) in [6, 6.07) is 15.9. The predicted octanol–water partition coefficient (Wildman–Crippen LogP) is 4.42. The van der Waals surface area contributed by atoms with Gasteiger partial charge in [0, 0.05) is 11.3 Å². The lowest BCUT2D eigenvalue weighted by Crippen LogP contribution is -2.19. The number of thiazole rings is 1. The van der Waals surface area contributed by atoms with Gasteiger partial charge in [-0.25, -0.2) is 4.98 Å². The van der Waals surface area contributed by atoms with Gasteiger partial charge in [-0.05, 0) is 56.2 Å². The van der Waals surface area contributed by atoms with E-state index < -0.39 is 0 Å². The molecule has 2 aromatic carbocycles. The maximum absolute atomic E-state index is 13.4. The zero-order chi connectivity index (χ0) is 20.0. The number of aliphatic imine (C=N–C) groups is 1. The highest BCUT2D eigenvalue weighted by molar-refractivity contribution is 7.20. The van der Waals surface area contributed by atoms with Crippen LogP contribution in [0.25, 0.3) is 26.6 Å². The molecule has 0 saturated heterocycles. The van der Waals surface area contributed by atoms with E-state index >= 15 is 0 Å². The van der Waals surface area contributed by atoms with Gasteiger partial charge in [-0.15, -0.1) is 0 Å². The average Bonchev–Trinajstić information content (AvgIpc) is 3.33. The van der Waals surface area contributed by atoms with E-state index in [1.165, 1.54) is 16.0 Å². The zero-order valence-corrected chi connectivity index (χ0v) is 17.0. The minimum absolute atomic E-state index is 0.128. The van der Waals surface area contributed by atoms with Crippen LogP contribution in [0.5, 0.6) is 5.75 Å². The maximum Gasteiger partial charge on any atom is 0.283 e. The second-order valence-corrected chi connectivity index (χ2v) is 8.15. The molecule has 0 radical (unpaired) electrons. The molecule has 0 unspecified atom stereocenters. The third-order valence-corrected chi connectivity index (χ3v) is 6.05.